The first-order chi connectivity index (χ1) is 7.74. The molecule has 0 unspecified atom stereocenters. The number of rotatable bonds is 3. The number of thiophene rings is 1. The SMILES string of the molecule is C=Cc1ccc(CC)cc1-c1ccc(N)s1. The van der Waals surface area contributed by atoms with Gasteiger partial charge in [-0.05, 0) is 41.3 Å². The number of hydrogen-bond acceptors (Lipinski definition) is 2. The van der Waals surface area contributed by atoms with Crippen molar-refractivity contribution in [3.63, 3.8) is 0 Å². The molecule has 82 valence electrons. The second-order valence-corrected chi connectivity index (χ2v) is 4.80. The zero-order valence-electron chi connectivity index (χ0n) is 9.36. The van der Waals surface area contributed by atoms with Crippen LogP contribution in [0.2, 0.25) is 0 Å². The van der Waals surface area contributed by atoms with Crippen molar-refractivity contribution < 1.29 is 0 Å². The highest BCUT2D eigenvalue weighted by Crippen LogP contribution is 2.33. The summed E-state index contributed by atoms with van der Waals surface area (Å²) in [7, 11) is 0. The number of hydrogen-bond donors (Lipinski definition) is 1. The Kier molecular flexibility index (Phi) is 3.11. The van der Waals surface area contributed by atoms with Crippen LogP contribution >= 0.6 is 11.3 Å². The Hall–Kier alpha value is -1.54. The topological polar surface area (TPSA) is 26.0 Å². The van der Waals surface area contributed by atoms with Gasteiger partial charge in [0.25, 0.3) is 0 Å². The van der Waals surface area contributed by atoms with Gasteiger partial charge in [-0.15, -0.1) is 11.3 Å². The third-order valence-electron chi connectivity index (χ3n) is 2.64. The number of nitrogens with two attached hydrogens (primary N) is 1. The molecule has 1 heterocycles. The minimum Gasteiger partial charge on any atom is -0.391 e. The first-order valence-corrected chi connectivity index (χ1v) is 6.17. The molecular weight excluding hydrogens is 214 g/mol. The van der Waals surface area contributed by atoms with Crippen molar-refractivity contribution in [3.05, 3.63) is 48.0 Å². The zero-order chi connectivity index (χ0) is 11.5. The molecule has 2 N–H and O–H groups in total. The van der Waals surface area contributed by atoms with Gasteiger partial charge in [0.1, 0.15) is 0 Å². The predicted molar refractivity (Wildman–Crippen MR) is 73.6 cm³/mol. The average molecular weight is 229 g/mol. The predicted octanol–water partition coefficient (Wildman–Crippen LogP) is 4.20. The molecule has 0 atom stereocenters. The lowest BCUT2D eigenvalue weighted by Crippen LogP contribution is -1.85. The van der Waals surface area contributed by atoms with Gasteiger partial charge in [-0.3, -0.25) is 0 Å². The molecule has 2 aromatic rings. The number of benzene rings is 1. The highest BCUT2D eigenvalue weighted by molar-refractivity contribution is 7.19. The maximum Gasteiger partial charge on any atom is 0.0862 e. The van der Waals surface area contributed by atoms with E-state index in [2.05, 4.69) is 37.8 Å². The first kappa shape index (κ1) is 11.0. The smallest absolute Gasteiger partial charge is 0.0862 e. The average Bonchev–Trinajstić information content (AvgIpc) is 2.75. The van der Waals surface area contributed by atoms with Crippen molar-refractivity contribution in [2.24, 2.45) is 0 Å². The van der Waals surface area contributed by atoms with E-state index in [1.54, 1.807) is 11.3 Å². The van der Waals surface area contributed by atoms with Crippen molar-refractivity contribution in [1.29, 1.82) is 0 Å². The van der Waals surface area contributed by atoms with Gasteiger partial charge in [0, 0.05) is 4.88 Å². The Labute approximate surface area is 100 Å². The first-order valence-electron chi connectivity index (χ1n) is 5.35. The quantitative estimate of drug-likeness (QED) is 0.838. The van der Waals surface area contributed by atoms with Gasteiger partial charge < -0.3 is 5.73 Å². The second-order valence-electron chi connectivity index (χ2n) is 3.68. The largest absolute Gasteiger partial charge is 0.391 e. The van der Waals surface area contributed by atoms with E-state index < -0.39 is 0 Å². The van der Waals surface area contributed by atoms with Crippen molar-refractivity contribution in [3.8, 4) is 10.4 Å². The van der Waals surface area contributed by atoms with Crippen LogP contribution in [0.1, 0.15) is 18.1 Å². The maximum atomic E-state index is 5.77. The number of nitrogen functional groups attached to an aromatic ring is 1. The summed E-state index contributed by atoms with van der Waals surface area (Å²) in [5, 5.41) is 0.854. The fourth-order valence-corrected chi connectivity index (χ4v) is 2.53. The van der Waals surface area contributed by atoms with Gasteiger partial charge in [0.15, 0.2) is 0 Å². The molecule has 1 aromatic heterocycles. The summed E-state index contributed by atoms with van der Waals surface area (Å²) in [6.07, 6.45) is 2.94. The molecule has 0 aliphatic heterocycles. The molecule has 2 rings (SSSR count). The molecule has 2 heteroatoms. The summed E-state index contributed by atoms with van der Waals surface area (Å²) < 4.78 is 0. The molecule has 0 amide bonds. The van der Waals surface area contributed by atoms with Crippen molar-refractivity contribution in [1.82, 2.24) is 0 Å². The van der Waals surface area contributed by atoms with E-state index in [1.165, 1.54) is 21.6 Å². The lowest BCUT2D eigenvalue weighted by atomic mass is 10.0. The van der Waals surface area contributed by atoms with E-state index in [0.29, 0.717) is 0 Å². The van der Waals surface area contributed by atoms with Crippen molar-refractivity contribution in [2.75, 3.05) is 5.73 Å². The molecule has 0 fully saturated rings. The summed E-state index contributed by atoms with van der Waals surface area (Å²) in [5.74, 6) is 0. The van der Waals surface area contributed by atoms with Gasteiger partial charge in [0.05, 0.1) is 5.00 Å². The summed E-state index contributed by atoms with van der Waals surface area (Å²) in [6.45, 7) is 6.01. The van der Waals surface area contributed by atoms with Crippen LogP contribution < -0.4 is 5.73 Å². The minimum atomic E-state index is 0.854. The number of anilines is 1. The van der Waals surface area contributed by atoms with E-state index in [4.69, 9.17) is 5.73 Å². The monoisotopic (exact) mass is 229 g/mol. The molecule has 0 aliphatic carbocycles. The summed E-state index contributed by atoms with van der Waals surface area (Å²) in [4.78, 5) is 1.21. The standard InChI is InChI=1S/C14H15NS/c1-3-10-5-6-11(4-2)12(9-10)13-7-8-14(15)16-13/h4-9H,2-3,15H2,1H3. The van der Waals surface area contributed by atoms with Crippen molar-refractivity contribution in [2.45, 2.75) is 13.3 Å². The Morgan fingerprint density at radius 2 is 2.12 bits per heavy atom. The lowest BCUT2D eigenvalue weighted by Gasteiger charge is -2.06. The molecule has 0 radical (unpaired) electrons. The van der Waals surface area contributed by atoms with Crippen LogP contribution in [0, 0.1) is 0 Å². The Morgan fingerprint density at radius 1 is 1.31 bits per heavy atom. The fourth-order valence-electron chi connectivity index (χ4n) is 1.71. The molecule has 0 aliphatic rings. The third-order valence-corrected chi connectivity index (χ3v) is 3.59. The number of aryl methyl sites for hydroxylation is 1. The highest BCUT2D eigenvalue weighted by atomic mass is 32.1. The van der Waals surface area contributed by atoms with Crippen LogP contribution in [0.3, 0.4) is 0 Å². The molecule has 1 aromatic carbocycles. The van der Waals surface area contributed by atoms with E-state index in [9.17, 15) is 0 Å². The van der Waals surface area contributed by atoms with Gasteiger partial charge in [-0.2, -0.15) is 0 Å². The van der Waals surface area contributed by atoms with E-state index in [1.807, 2.05) is 12.1 Å². The van der Waals surface area contributed by atoms with Gasteiger partial charge in [-0.25, -0.2) is 0 Å². The molecule has 0 saturated heterocycles. The van der Waals surface area contributed by atoms with Crippen LogP contribution in [-0.2, 0) is 6.42 Å². The van der Waals surface area contributed by atoms with E-state index in [-0.39, 0.29) is 0 Å². The second kappa shape index (κ2) is 4.54. The fraction of sp³-hybridized carbons (Fsp3) is 0.143. The molecule has 1 nitrogen and oxygen atoms in total. The molecule has 16 heavy (non-hydrogen) atoms. The van der Waals surface area contributed by atoms with E-state index in [0.717, 1.165) is 11.4 Å². The van der Waals surface area contributed by atoms with Crippen LogP contribution in [0.25, 0.3) is 16.5 Å². The van der Waals surface area contributed by atoms with E-state index >= 15 is 0 Å². The molecule has 0 spiro atoms. The maximum absolute atomic E-state index is 5.77. The summed E-state index contributed by atoms with van der Waals surface area (Å²) in [6, 6.07) is 10.5. The molecule has 0 saturated carbocycles. The van der Waals surface area contributed by atoms with Gasteiger partial charge in [-0.1, -0.05) is 31.7 Å². The van der Waals surface area contributed by atoms with Crippen LogP contribution in [0.4, 0.5) is 5.00 Å². The Bertz CT molecular complexity index is 511. The zero-order valence-corrected chi connectivity index (χ0v) is 10.2. The minimum absolute atomic E-state index is 0.854. The normalized spacial score (nSPS) is 10.3. The molecule has 0 bridgehead atoms. The lowest BCUT2D eigenvalue weighted by molar-refractivity contribution is 1.14. The third kappa shape index (κ3) is 2.02. The summed E-state index contributed by atoms with van der Waals surface area (Å²) >= 11 is 1.62. The highest BCUT2D eigenvalue weighted by Gasteiger charge is 2.06. The Morgan fingerprint density at radius 3 is 2.69 bits per heavy atom. The molecular formula is C14H15NS. The van der Waals surface area contributed by atoms with Crippen LogP contribution in [0.5, 0.6) is 0 Å². The van der Waals surface area contributed by atoms with Gasteiger partial charge in [0.2, 0.25) is 0 Å². The summed E-state index contributed by atoms with van der Waals surface area (Å²) in [5.41, 5.74) is 9.51. The van der Waals surface area contributed by atoms with Gasteiger partial charge >= 0.3 is 0 Å². The van der Waals surface area contributed by atoms with Crippen LogP contribution in [0.15, 0.2) is 36.9 Å². The van der Waals surface area contributed by atoms with Crippen LogP contribution in [-0.4, -0.2) is 0 Å². The van der Waals surface area contributed by atoms with Crippen molar-refractivity contribution >= 4 is 22.4 Å². The Balaban J connectivity index is 2.56.